The van der Waals surface area contributed by atoms with Gasteiger partial charge in [0.15, 0.2) is 0 Å². The molecule has 2 aromatic rings. The minimum Gasteiger partial charge on any atom is -0.465 e. The standard InChI is InChI=1S/C14H20N2O4S/c1-4-16-9-14(7-12(16)10-17)21(18,19)15(3)8-13-6-5-11(2)20-13/h5-7,9,17H,4,8,10H2,1-3H3. The summed E-state index contributed by atoms with van der Waals surface area (Å²) in [4.78, 5) is 0.180. The largest absolute Gasteiger partial charge is 0.465 e. The van der Waals surface area contributed by atoms with E-state index in [1.165, 1.54) is 17.4 Å². The summed E-state index contributed by atoms with van der Waals surface area (Å²) in [5.74, 6) is 1.34. The highest BCUT2D eigenvalue weighted by atomic mass is 32.2. The van der Waals surface area contributed by atoms with Crippen LogP contribution in [-0.4, -0.2) is 29.4 Å². The summed E-state index contributed by atoms with van der Waals surface area (Å²) in [5, 5.41) is 9.26. The lowest BCUT2D eigenvalue weighted by Crippen LogP contribution is -2.26. The SMILES string of the molecule is CCn1cc(S(=O)(=O)N(C)Cc2ccc(C)o2)cc1CO. The van der Waals surface area contributed by atoms with Gasteiger partial charge >= 0.3 is 0 Å². The van der Waals surface area contributed by atoms with Gasteiger partial charge in [0.1, 0.15) is 16.4 Å². The molecule has 0 aliphatic carbocycles. The molecule has 0 aliphatic heterocycles. The molecule has 2 rings (SSSR count). The van der Waals surface area contributed by atoms with Crippen molar-refractivity contribution in [2.45, 2.75) is 38.4 Å². The van der Waals surface area contributed by atoms with E-state index in [0.717, 1.165) is 5.76 Å². The van der Waals surface area contributed by atoms with Gasteiger partial charge in [0.2, 0.25) is 10.0 Å². The van der Waals surface area contributed by atoms with E-state index in [-0.39, 0.29) is 18.0 Å². The second-order valence-corrected chi connectivity index (χ2v) is 6.93. The molecule has 0 fully saturated rings. The third-order valence-electron chi connectivity index (χ3n) is 3.35. The Morgan fingerprint density at radius 3 is 2.57 bits per heavy atom. The number of aliphatic hydroxyl groups excluding tert-OH is 1. The van der Waals surface area contributed by atoms with Crippen LogP contribution >= 0.6 is 0 Å². The number of rotatable bonds is 6. The fourth-order valence-electron chi connectivity index (χ4n) is 2.15. The van der Waals surface area contributed by atoms with Crippen molar-refractivity contribution in [3.63, 3.8) is 0 Å². The van der Waals surface area contributed by atoms with Crippen molar-refractivity contribution in [1.29, 1.82) is 0 Å². The molecule has 0 bridgehead atoms. The van der Waals surface area contributed by atoms with Crippen LogP contribution in [0.4, 0.5) is 0 Å². The molecule has 7 heteroatoms. The third kappa shape index (κ3) is 3.20. The molecule has 1 N–H and O–H groups in total. The smallest absolute Gasteiger partial charge is 0.244 e. The Kier molecular flexibility index (Phi) is 4.55. The van der Waals surface area contributed by atoms with Crippen molar-refractivity contribution in [3.8, 4) is 0 Å². The number of aromatic nitrogens is 1. The van der Waals surface area contributed by atoms with Crippen molar-refractivity contribution < 1.29 is 17.9 Å². The van der Waals surface area contributed by atoms with Crippen LogP contribution in [0.25, 0.3) is 0 Å². The Balaban J connectivity index is 2.26. The number of furan rings is 1. The predicted molar refractivity (Wildman–Crippen MR) is 78.1 cm³/mol. The van der Waals surface area contributed by atoms with E-state index in [1.807, 2.05) is 13.8 Å². The van der Waals surface area contributed by atoms with Crippen molar-refractivity contribution in [1.82, 2.24) is 8.87 Å². The monoisotopic (exact) mass is 312 g/mol. The number of aliphatic hydroxyl groups is 1. The van der Waals surface area contributed by atoms with E-state index in [2.05, 4.69) is 0 Å². The number of nitrogens with zero attached hydrogens (tertiary/aromatic N) is 2. The highest BCUT2D eigenvalue weighted by Gasteiger charge is 2.24. The van der Waals surface area contributed by atoms with Gasteiger partial charge in [-0.3, -0.25) is 0 Å². The Morgan fingerprint density at radius 2 is 2.10 bits per heavy atom. The van der Waals surface area contributed by atoms with Gasteiger partial charge in [-0.25, -0.2) is 8.42 Å². The third-order valence-corrected chi connectivity index (χ3v) is 5.11. The van der Waals surface area contributed by atoms with Gasteiger partial charge in [-0.05, 0) is 32.0 Å². The Hall–Kier alpha value is -1.57. The van der Waals surface area contributed by atoms with Crippen LogP contribution < -0.4 is 0 Å². The van der Waals surface area contributed by atoms with Crippen molar-refractivity contribution in [2.75, 3.05) is 7.05 Å². The molecule has 21 heavy (non-hydrogen) atoms. The summed E-state index contributed by atoms with van der Waals surface area (Å²) in [6.45, 7) is 4.29. The van der Waals surface area contributed by atoms with Gasteiger partial charge in [-0.2, -0.15) is 4.31 Å². The van der Waals surface area contributed by atoms with Crippen LogP contribution in [0.1, 0.15) is 24.1 Å². The molecule has 0 saturated carbocycles. The van der Waals surface area contributed by atoms with Gasteiger partial charge in [-0.15, -0.1) is 0 Å². The van der Waals surface area contributed by atoms with Crippen LogP contribution in [0.3, 0.4) is 0 Å². The first-order valence-corrected chi connectivity index (χ1v) is 8.14. The van der Waals surface area contributed by atoms with E-state index in [9.17, 15) is 13.5 Å². The summed E-state index contributed by atoms with van der Waals surface area (Å²) >= 11 is 0. The topological polar surface area (TPSA) is 75.7 Å². The zero-order valence-electron chi connectivity index (χ0n) is 12.4. The molecule has 0 saturated heterocycles. The van der Waals surface area contributed by atoms with Crippen LogP contribution in [0.5, 0.6) is 0 Å². The normalized spacial score (nSPS) is 12.2. The van der Waals surface area contributed by atoms with E-state index in [0.29, 0.717) is 18.0 Å². The molecule has 6 nitrogen and oxygen atoms in total. The second-order valence-electron chi connectivity index (χ2n) is 4.88. The quantitative estimate of drug-likeness (QED) is 0.881. The fraction of sp³-hybridized carbons (Fsp3) is 0.429. The van der Waals surface area contributed by atoms with Crippen molar-refractivity contribution >= 4 is 10.0 Å². The molecule has 0 spiro atoms. The van der Waals surface area contributed by atoms with Gasteiger partial charge in [-0.1, -0.05) is 0 Å². The number of hydrogen-bond acceptors (Lipinski definition) is 4. The summed E-state index contributed by atoms with van der Waals surface area (Å²) in [6.07, 6.45) is 1.55. The number of hydrogen-bond donors (Lipinski definition) is 1. The Bertz CT molecular complexity index is 694. The average Bonchev–Trinajstić information content (AvgIpc) is 3.04. The van der Waals surface area contributed by atoms with E-state index >= 15 is 0 Å². The Labute approximate surface area is 124 Å². The summed E-state index contributed by atoms with van der Waals surface area (Å²) in [7, 11) is -2.10. The van der Waals surface area contributed by atoms with Crippen molar-refractivity contribution in [3.05, 3.63) is 41.6 Å². The van der Waals surface area contributed by atoms with Crippen LogP contribution in [0.2, 0.25) is 0 Å². The molecular weight excluding hydrogens is 292 g/mol. The summed E-state index contributed by atoms with van der Waals surface area (Å²) in [5.41, 5.74) is 0.582. The van der Waals surface area contributed by atoms with Gasteiger partial charge in [0, 0.05) is 25.5 Å². The first kappa shape index (κ1) is 15.8. The molecular formula is C14H20N2O4S. The highest BCUT2D eigenvalue weighted by molar-refractivity contribution is 7.89. The van der Waals surface area contributed by atoms with Crippen molar-refractivity contribution in [2.24, 2.45) is 0 Å². The molecule has 0 unspecified atom stereocenters. The molecule has 0 radical (unpaired) electrons. The lowest BCUT2D eigenvalue weighted by Gasteiger charge is -2.14. The minimum atomic E-state index is -3.61. The van der Waals surface area contributed by atoms with Gasteiger partial charge in [0.25, 0.3) is 0 Å². The zero-order valence-corrected chi connectivity index (χ0v) is 13.2. The van der Waals surface area contributed by atoms with Crippen LogP contribution in [-0.2, 0) is 29.7 Å². The van der Waals surface area contributed by atoms with E-state index in [1.54, 1.807) is 22.9 Å². The first-order valence-electron chi connectivity index (χ1n) is 6.70. The van der Waals surface area contributed by atoms with Crippen LogP contribution in [0, 0.1) is 6.92 Å². The van der Waals surface area contributed by atoms with E-state index in [4.69, 9.17) is 4.42 Å². The second kappa shape index (κ2) is 6.05. The predicted octanol–water partition coefficient (Wildman–Crippen LogP) is 1.72. The minimum absolute atomic E-state index is 0.169. The zero-order chi connectivity index (χ0) is 15.6. The lowest BCUT2D eigenvalue weighted by molar-refractivity contribution is 0.271. The number of sulfonamides is 1. The molecule has 0 aliphatic rings. The molecule has 2 heterocycles. The summed E-state index contributed by atoms with van der Waals surface area (Å²) in [6, 6.07) is 5.06. The molecule has 116 valence electrons. The molecule has 0 atom stereocenters. The van der Waals surface area contributed by atoms with E-state index < -0.39 is 10.0 Å². The Morgan fingerprint density at radius 1 is 1.38 bits per heavy atom. The number of aryl methyl sites for hydroxylation is 2. The maximum Gasteiger partial charge on any atom is 0.244 e. The molecule has 0 amide bonds. The summed E-state index contributed by atoms with van der Waals surface area (Å²) < 4.78 is 33.4. The molecule has 2 aromatic heterocycles. The first-order chi connectivity index (χ1) is 9.88. The fourth-order valence-corrected chi connectivity index (χ4v) is 3.35. The van der Waals surface area contributed by atoms with Crippen LogP contribution in [0.15, 0.2) is 33.7 Å². The average molecular weight is 312 g/mol. The highest BCUT2D eigenvalue weighted by Crippen LogP contribution is 2.20. The lowest BCUT2D eigenvalue weighted by atomic mass is 10.4. The maximum atomic E-state index is 12.5. The van der Waals surface area contributed by atoms with Gasteiger partial charge < -0.3 is 14.1 Å². The molecule has 0 aromatic carbocycles. The van der Waals surface area contributed by atoms with Gasteiger partial charge in [0.05, 0.1) is 13.2 Å². The maximum absolute atomic E-state index is 12.5.